The molecule has 8 rings (SSSR count). The Morgan fingerprint density at radius 1 is 0.578 bits per heavy atom. The van der Waals surface area contributed by atoms with Gasteiger partial charge in [0.1, 0.15) is 11.5 Å². The third kappa shape index (κ3) is 3.69. The Bertz CT molecular complexity index is 2170. The molecule has 0 amide bonds. The van der Waals surface area contributed by atoms with Gasteiger partial charge in [0.25, 0.3) is 0 Å². The minimum atomic E-state index is -0.645. The molecule has 6 aromatic rings. The van der Waals surface area contributed by atoms with Gasteiger partial charge in [0, 0.05) is 33.5 Å². The highest BCUT2D eigenvalue weighted by Crippen LogP contribution is 2.63. The lowest BCUT2D eigenvalue weighted by Gasteiger charge is -2.40. The molecule has 6 aromatic carbocycles. The number of anilines is 3. The molecule has 1 atom stereocenters. The number of allylic oxidation sites excluding steroid dienone is 3. The molecule has 0 fully saturated rings. The first-order valence-corrected chi connectivity index (χ1v) is 15.4. The van der Waals surface area contributed by atoms with Crippen molar-refractivity contribution in [1.82, 2.24) is 0 Å². The van der Waals surface area contributed by atoms with Crippen LogP contribution in [0, 0.1) is 13.8 Å². The standard InChI is InChI=1S/C43H33NO/c1-5-33-40(6-2)45-42-31-19-10-9-18-30(31)26-27-36(42)43(33)34-21-12-11-20-32(34)41-35(43)22-15-25-39(41)44(37-23-13-7-16-28(37)3)38-24-14-8-17-29(38)4/h5-27H,1-2H2,3-4H3. The van der Waals surface area contributed by atoms with Gasteiger partial charge >= 0.3 is 0 Å². The number of aryl methyl sites for hydroxylation is 2. The van der Waals surface area contributed by atoms with Gasteiger partial charge < -0.3 is 9.64 Å². The van der Waals surface area contributed by atoms with Crippen molar-refractivity contribution in [1.29, 1.82) is 0 Å². The van der Waals surface area contributed by atoms with Gasteiger partial charge in [0.2, 0.25) is 0 Å². The van der Waals surface area contributed by atoms with E-state index in [2.05, 4.69) is 159 Å². The maximum atomic E-state index is 6.74. The van der Waals surface area contributed by atoms with Gasteiger partial charge in [-0.05, 0) is 71.3 Å². The Hall–Kier alpha value is -5.60. The number of benzene rings is 6. The predicted molar refractivity (Wildman–Crippen MR) is 188 cm³/mol. The fourth-order valence-corrected chi connectivity index (χ4v) is 7.64. The summed E-state index contributed by atoms with van der Waals surface area (Å²) in [6.07, 6.45) is 3.80. The molecule has 2 heteroatoms. The molecule has 1 spiro atoms. The Kier molecular flexibility index (Phi) is 6.14. The summed E-state index contributed by atoms with van der Waals surface area (Å²) in [6.45, 7) is 12.9. The van der Waals surface area contributed by atoms with E-state index in [0.29, 0.717) is 0 Å². The van der Waals surface area contributed by atoms with Gasteiger partial charge in [0.05, 0.1) is 11.1 Å². The zero-order valence-electron chi connectivity index (χ0n) is 25.5. The monoisotopic (exact) mass is 579 g/mol. The van der Waals surface area contributed by atoms with Crippen molar-refractivity contribution >= 4 is 27.8 Å². The quantitative estimate of drug-likeness (QED) is 0.201. The van der Waals surface area contributed by atoms with Crippen LogP contribution in [0.25, 0.3) is 21.9 Å². The molecule has 216 valence electrons. The van der Waals surface area contributed by atoms with Crippen molar-refractivity contribution in [2.75, 3.05) is 4.90 Å². The number of fused-ring (bicyclic) bond motifs is 9. The highest BCUT2D eigenvalue weighted by atomic mass is 16.5. The van der Waals surface area contributed by atoms with Crippen LogP contribution in [0.15, 0.2) is 164 Å². The van der Waals surface area contributed by atoms with Crippen LogP contribution in [-0.2, 0) is 5.41 Å². The fourth-order valence-electron chi connectivity index (χ4n) is 7.64. The molecule has 1 aliphatic heterocycles. The van der Waals surface area contributed by atoms with E-state index in [1.807, 2.05) is 12.2 Å². The lowest BCUT2D eigenvalue weighted by Crippen LogP contribution is -2.34. The summed E-state index contributed by atoms with van der Waals surface area (Å²) in [4.78, 5) is 2.44. The fraction of sp³-hybridized carbons (Fsp3) is 0.0698. The van der Waals surface area contributed by atoms with Crippen LogP contribution in [0.2, 0.25) is 0 Å². The molecule has 2 aliphatic rings. The van der Waals surface area contributed by atoms with Crippen molar-refractivity contribution in [3.63, 3.8) is 0 Å². The molecule has 45 heavy (non-hydrogen) atoms. The largest absolute Gasteiger partial charge is 0.456 e. The van der Waals surface area contributed by atoms with E-state index in [1.165, 1.54) is 33.4 Å². The maximum absolute atomic E-state index is 6.74. The average molecular weight is 580 g/mol. The zero-order valence-corrected chi connectivity index (χ0v) is 25.5. The molecule has 0 N–H and O–H groups in total. The summed E-state index contributed by atoms with van der Waals surface area (Å²) < 4.78 is 6.74. The zero-order chi connectivity index (χ0) is 30.7. The Morgan fingerprint density at radius 3 is 1.91 bits per heavy atom. The smallest absolute Gasteiger partial charge is 0.140 e. The summed E-state index contributed by atoms with van der Waals surface area (Å²) >= 11 is 0. The van der Waals surface area contributed by atoms with Crippen LogP contribution < -0.4 is 9.64 Å². The van der Waals surface area contributed by atoms with Crippen molar-refractivity contribution in [3.8, 4) is 16.9 Å². The molecule has 0 radical (unpaired) electrons. The summed E-state index contributed by atoms with van der Waals surface area (Å²) in [5.74, 6) is 1.60. The molecule has 0 bridgehead atoms. The van der Waals surface area contributed by atoms with E-state index >= 15 is 0 Å². The van der Waals surface area contributed by atoms with Gasteiger partial charge in [-0.15, -0.1) is 0 Å². The van der Waals surface area contributed by atoms with Crippen molar-refractivity contribution in [3.05, 3.63) is 192 Å². The third-order valence-electron chi connectivity index (χ3n) is 9.56. The van der Waals surface area contributed by atoms with E-state index in [4.69, 9.17) is 4.74 Å². The number of rotatable bonds is 5. The number of nitrogens with zero attached hydrogens (tertiary/aromatic N) is 1. The van der Waals surface area contributed by atoms with E-state index in [0.717, 1.165) is 50.5 Å². The molecule has 1 aliphatic carbocycles. The van der Waals surface area contributed by atoms with Crippen LogP contribution in [0.1, 0.15) is 27.8 Å². The lowest BCUT2D eigenvalue weighted by atomic mass is 9.65. The van der Waals surface area contributed by atoms with E-state index < -0.39 is 5.41 Å². The van der Waals surface area contributed by atoms with Gasteiger partial charge in [-0.25, -0.2) is 0 Å². The maximum Gasteiger partial charge on any atom is 0.140 e. The van der Waals surface area contributed by atoms with Gasteiger partial charge in [-0.2, -0.15) is 0 Å². The van der Waals surface area contributed by atoms with Crippen molar-refractivity contribution in [2.24, 2.45) is 0 Å². The first kappa shape index (κ1) is 27.0. The van der Waals surface area contributed by atoms with E-state index in [9.17, 15) is 0 Å². The normalized spacial score (nSPS) is 16.1. The molecule has 0 aromatic heterocycles. The van der Waals surface area contributed by atoms with Crippen molar-refractivity contribution in [2.45, 2.75) is 19.3 Å². The summed E-state index contributed by atoms with van der Waals surface area (Å²) in [6, 6.07) is 45.8. The SMILES string of the molecule is C=CC1=C(C=C)C2(c3ccccc3-c3c(N(c4ccccc4C)c4ccccc4C)cccc32)c2ccc3ccccc3c2O1. The number of hydrogen-bond donors (Lipinski definition) is 0. The highest BCUT2D eigenvalue weighted by molar-refractivity contribution is 6.00. The van der Waals surface area contributed by atoms with E-state index in [-0.39, 0.29) is 0 Å². The highest BCUT2D eigenvalue weighted by Gasteiger charge is 2.52. The molecule has 0 saturated heterocycles. The first-order valence-electron chi connectivity index (χ1n) is 15.4. The predicted octanol–water partition coefficient (Wildman–Crippen LogP) is 11.3. The second-order valence-corrected chi connectivity index (χ2v) is 11.9. The third-order valence-corrected chi connectivity index (χ3v) is 9.56. The van der Waals surface area contributed by atoms with Gasteiger partial charge in [0.15, 0.2) is 0 Å². The number of hydrogen-bond acceptors (Lipinski definition) is 2. The first-order chi connectivity index (χ1) is 22.1. The molecule has 0 saturated carbocycles. The Morgan fingerprint density at radius 2 is 1.20 bits per heavy atom. The van der Waals surface area contributed by atoms with E-state index in [1.54, 1.807) is 0 Å². The number of para-hydroxylation sites is 2. The second-order valence-electron chi connectivity index (χ2n) is 11.9. The van der Waals surface area contributed by atoms with Crippen LogP contribution in [0.5, 0.6) is 5.75 Å². The number of ether oxygens (including phenoxy) is 1. The summed E-state index contributed by atoms with van der Waals surface area (Å²) in [5, 5.41) is 2.22. The Balaban J connectivity index is 1.54. The summed E-state index contributed by atoms with van der Waals surface area (Å²) in [5.41, 5.74) is 12.2. The van der Waals surface area contributed by atoms with Crippen LogP contribution in [0.3, 0.4) is 0 Å². The van der Waals surface area contributed by atoms with Crippen LogP contribution in [0.4, 0.5) is 17.1 Å². The van der Waals surface area contributed by atoms with Crippen LogP contribution in [-0.4, -0.2) is 0 Å². The lowest BCUT2D eigenvalue weighted by molar-refractivity contribution is 0.408. The molecular formula is C43H33NO. The average Bonchev–Trinajstić information content (AvgIpc) is 3.37. The molecular weight excluding hydrogens is 546 g/mol. The molecule has 1 unspecified atom stereocenters. The summed E-state index contributed by atoms with van der Waals surface area (Å²) in [7, 11) is 0. The molecule has 1 heterocycles. The second kappa shape index (κ2) is 10.2. The minimum Gasteiger partial charge on any atom is -0.456 e. The Labute approximate surface area is 264 Å². The topological polar surface area (TPSA) is 12.5 Å². The van der Waals surface area contributed by atoms with Crippen molar-refractivity contribution < 1.29 is 4.74 Å². The van der Waals surface area contributed by atoms with Gasteiger partial charge in [-0.1, -0.05) is 128 Å². The minimum absolute atomic E-state index is 0.645. The van der Waals surface area contributed by atoms with Gasteiger partial charge in [-0.3, -0.25) is 0 Å². The van der Waals surface area contributed by atoms with Crippen LogP contribution >= 0.6 is 0 Å². The molecule has 2 nitrogen and oxygen atoms in total.